The monoisotopic (exact) mass is 327 g/mol. The van der Waals surface area contributed by atoms with E-state index in [9.17, 15) is 9.18 Å². The summed E-state index contributed by atoms with van der Waals surface area (Å²) >= 11 is 0. The maximum absolute atomic E-state index is 13.8. The van der Waals surface area contributed by atoms with Crippen molar-refractivity contribution >= 4 is 17.3 Å². The van der Waals surface area contributed by atoms with Gasteiger partial charge in [-0.2, -0.15) is 0 Å². The Morgan fingerprint density at radius 2 is 1.83 bits per heavy atom. The van der Waals surface area contributed by atoms with Gasteiger partial charge < -0.3 is 15.1 Å². The molecule has 1 saturated heterocycles. The van der Waals surface area contributed by atoms with Gasteiger partial charge in [0.25, 0.3) is 0 Å². The topological polar surface area (TPSA) is 35.6 Å². The number of piperazine rings is 1. The van der Waals surface area contributed by atoms with Crippen molar-refractivity contribution in [3.8, 4) is 0 Å². The third-order valence-electron chi connectivity index (χ3n) is 4.29. The highest BCUT2D eigenvalue weighted by Crippen LogP contribution is 2.20. The molecule has 0 unspecified atom stereocenters. The van der Waals surface area contributed by atoms with Crippen LogP contribution in [0.1, 0.15) is 5.56 Å². The average molecular weight is 327 g/mol. The van der Waals surface area contributed by atoms with E-state index in [1.165, 1.54) is 6.07 Å². The minimum absolute atomic E-state index is 0.0738. The molecule has 1 aliphatic rings. The zero-order valence-corrected chi connectivity index (χ0v) is 13.8. The molecule has 0 saturated carbocycles. The highest BCUT2D eigenvalue weighted by molar-refractivity contribution is 5.81. The smallest absolute Gasteiger partial charge is 0.241 e. The van der Waals surface area contributed by atoms with Gasteiger partial charge in [-0.25, -0.2) is 4.39 Å². The molecule has 1 fully saturated rings. The van der Waals surface area contributed by atoms with E-state index in [2.05, 4.69) is 5.32 Å². The second-order valence-corrected chi connectivity index (χ2v) is 6.04. The Morgan fingerprint density at radius 3 is 2.54 bits per heavy atom. The van der Waals surface area contributed by atoms with E-state index in [4.69, 9.17) is 0 Å². The number of nitrogens with zero attached hydrogens (tertiary/aromatic N) is 2. The van der Waals surface area contributed by atoms with Crippen LogP contribution >= 0.6 is 0 Å². The Morgan fingerprint density at radius 1 is 1.08 bits per heavy atom. The first-order valence-electron chi connectivity index (χ1n) is 8.21. The van der Waals surface area contributed by atoms with E-state index >= 15 is 0 Å². The second-order valence-electron chi connectivity index (χ2n) is 6.04. The predicted molar refractivity (Wildman–Crippen MR) is 94.9 cm³/mol. The maximum Gasteiger partial charge on any atom is 0.241 e. The largest absolute Gasteiger partial charge is 0.376 e. The fraction of sp³-hybridized carbons (Fsp3) is 0.316. The van der Waals surface area contributed by atoms with Gasteiger partial charge in [0.05, 0.1) is 12.2 Å². The zero-order chi connectivity index (χ0) is 16.9. The highest BCUT2D eigenvalue weighted by atomic mass is 19.1. The molecule has 1 amide bonds. The summed E-state index contributed by atoms with van der Waals surface area (Å²) in [5, 5.41) is 3.17. The first kappa shape index (κ1) is 16.3. The molecule has 0 bridgehead atoms. The molecule has 0 spiro atoms. The lowest BCUT2D eigenvalue weighted by Gasteiger charge is -2.36. The van der Waals surface area contributed by atoms with Crippen molar-refractivity contribution in [1.29, 1.82) is 0 Å². The summed E-state index contributed by atoms with van der Waals surface area (Å²) in [5.74, 6) is -0.136. The first-order chi connectivity index (χ1) is 11.6. The summed E-state index contributed by atoms with van der Waals surface area (Å²) in [6.45, 7) is 4.83. The summed E-state index contributed by atoms with van der Waals surface area (Å²) in [6, 6.07) is 14.7. The Kier molecular flexibility index (Phi) is 4.99. The lowest BCUT2D eigenvalue weighted by molar-refractivity contribution is -0.129. The molecule has 0 radical (unpaired) electrons. The van der Waals surface area contributed by atoms with E-state index < -0.39 is 0 Å². The van der Waals surface area contributed by atoms with E-state index in [1.54, 1.807) is 12.1 Å². The first-order valence-corrected chi connectivity index (χ1v) is 8.21. The van der Waals surface area contributed by atoms with Gasteiger partial charge in [0.2, 0.25) is 5.91 Å². The van der Waals surface area contributed by atoms with Crippen LogP contribution in [0, 0.1) is 12.7 Å². The number of amides is 1. The number of hydrogen-bond acceptors (Lipinski definition) is 3. The van der Waals surface area contributed by atoms with Crippen LogP contribution in [0.3, 0.4) is 0 Å². The number of carbonyl (C=O) groups is 1. The van der Waals surface area contributed by atoms with Gasteiger partial charge in [0.15, 0.2) is 0 Å². The number of benzene rings is 2. The molecule has 2 aromatic carbocycles. The molecule has 0 atom stereocenters. The number of hydrogen-bond donors (Lipinski definition) is 1. The summed E-state index contributed by atoms with van der Waals surface area (Å²) < 4.78 is 13.8. The summed E-state index contributed by atoms with van der Waals surface area (Å²) in [6.07, 6.45) is 0. The van der Waals surface area contributed by atoms with Gasteiger partial charge in [-0.05, 0) is 36.8 Å². The van der Waals surface area contributed by atoms with Crippen molar-refractivity contribution in [3.05, 3.63) is 59.9 Å². The molecule has 0 aliphatic carbocycles. The van der Waals surface area contributed by atoms with Crippen molar-refractivity contribution < 1.29 is 9.18 Å². The second kappa shape index (κ2) is 7.34. The van der Waals surface area contributed by atoms with Crippen molar-refractivity contribution in [2.75, 3.05) is 42.9 Å². The van der Waals surface area contributed by atoms with Crippen molar-refractivity contribution in [2.45, 2.75) is 6.92 Å². The number of aryl methyl sites for hydroxylation is 1. The third-order valence-corrected chi connectivity index (χ3v) is 4.29. The normalized spacial score (nSPS) is 14.6. The minimum atomic E-state index is -0.210. The van der Waals surface area contributed by atoms with Gasteiger partial charge in [-0.15, -0.1) is 0 Å². The van der Waals surface area contributed by atoms with Crippen molar-refractivity contribution in [3.63, 3.8) is 0 Å². The molecule has 0 aromatic heterocycles. The Hall–Kier alpha value is -2.56. The van der Waals surface area contributed by atoms with Crippen LogP contribution < -0.4 is 10.2 Å². The quantitative estimate of drug-likeness (QED) is 0.938. The van der Waals surface area contributed by atoms with E-state index in [-0.39, 0.29) is 18.3 Å². The fourth-order valence-corrected chi connectivity index (χ4v) is 2.95. The number of carbonyl (C=O) groups excluding carboxylic acids is 1. The Labute approximate surface area is 141 Å². The van der Waals surface area contributed by atoms with Gasteiger partial charge >= 0.3 is 0 Å². The van der Waals surface area contributed by atoms with Crippen LogP contribution in [0.15, 0.2) is 48.5 Å². The number of para-hydroxylation sites is 1. The summed E-state index contributed by atoms with van der Waals surface area (Å²) in [4.78, 5) is 16.2. The fourth-order valence-electron chi connectivity index (χ4n) is 2.95. The third kappa shape index (κ3) is 3.85. The molecule has 2 aromatic rings. The van der Waals surface area contributed by atoms with Crippen LogP contribution in [0.5, 0.6) is 0 Å². The zero-order valence-electron chi connectivity index (χ0n) is 13.8. The van der Waals surface area contributed by atoms with Crippen LogP contribution in [-0.2, 0) is 4.79 Å². The minimum Gasteiger partial charge on any atom is -0.376 e. The SMILES string of the molecule is Cc1cccc(NCC(=O)N2CCN(c3ccccc3F)CC2)c1. The molecule has 3 rings (SSSR count). The number of anilines is 2. The maximum atomic E-state index is 13.8. The number of nitrogens with one attached hydrogen (secondary N) is 1. The molecule has 5 heteroatoms. The van der Waals surface area contributed by atoms with Crippen LogP contribution in [-0.4, -0.2) is 43.5 Å². The van der Waals surface area contributed by atoms with Gasteiger partial charge in [0, 0.05) is 31.9 Å². The van der Waals surface area contributed by atoms with Gasteiger partial charge in [0.1, 0.15) is 5.82 Å². The molecular formula is C19H22FN3O. The van der Waals surface area contributed by atoms with E-state index in [0.29, 0.717) is 31.9 Å². The molecule has 126 valence electrons. The van der Waals surface area contributed by atoms with Crippen LogP contribution in [0.4, 0.5) is 15.8 Å². The lowest BCUT2D eigenvalue weighted by atomic mass is 10.2. The van der Waals surface area contributed by atoms with E-state index in [0.717, 1.165) is 11.3 Å². The molecular weight excluding hydrogens is 305 g/mol. The average Bonchev–Trinajstić information content (AvgIpc) is 2.60. The van der Waals surface area contributed by atoms with Crippen molar-refractivity contribution in [1.82, 2.24) is 4.90 Å². The predicted octanol–water partition coefficient (Wildman–Crippen LogP) is 2.89. The molecule has 4 nitrogen and oxygen atoms in total. The summed E-state index contributed by atoms with van der Waals surface area (Å²) in [7, 11) is 0. The number of rotatable bonds is 4. The molecule has 1 heterocycles. The molecule has 24 heavy (non-hydrogen) atoms. The van der Waals surface area contributed by atoms with Crippen LogP contribution in [0.2, 0.25) is 0 Å². The Balaban J connectivity index is 1.51. The lowest BCUT2D eigenvalue weighted by Crippen LogP contribution is -2.50. The summed E-state index contributed by atoms with van der Waals surface area (Å²) in [5.41, 5.74) is 2.72. The van der Waals surface area contributed by atoms with Crippen molar-refractivity contribution in [2.24, 2.45) is 0 Å². The van der Waals surface area contributed by atoms with Gasteiger partial charge in [-0.1, -0.05) is 24.3 Å². The Bertz CT molecular complexity index is 711. The molecule has 1 N–H and O–H groups in total. The van der Waals surface area contributed by atoms with Gasteiger partial charge in [-0.3, -0.25) is 4.79 Å². The highest BCUT2D eigenvalue weighted by Gasteiger charge is 2.22. The molecule has 1 aliphatic heterocycles. The van der Waals surface area contributed by atoms with E-state index in [1.807, 2.05) is 47.1 Å². The standard InChI is InChI=1S/C19H22FN3O/c1-15-5-4-6-16(13-15)21-14-19(24)23-11-9-22(10-12-23)18-8-3-2-7-17(18)20/h2-8,13,21H,9-12,14H2,1H3. The number of halogens is 1. The van der Waals surface area contributed by atoms with Crippen LogP contribution in [0.25, 0.3) is 0 Å².